The molecule has 3 rings (SSSR count). The predicted octanol–water partition coefficient (Wildman–Crippen LogP) is 4.02. The monoisotopic (exact) mass is 464 g/mol. The Bertz CT molecular complexity index is 992. The lowest BCUT2D eigenvalue weighted by atomic mass is 10.1. The van der Waals surface area contributed by atoms with Crippen molar-refractivity contribution in [2.45, 2.75) is 20.8 Å². The van der Waals surface area contributed by atoms with Gasteiger partial charge in [-0.05, 0) is 31.0 Å². The lowest BCUT2D eigenvalue weighted by Gasteiger charge is -2.35. The van der Waals surface area contributed by atoms with Crippen molar-refractivity contribution in [2.24, 2.45) is 0 Å². The highest BCUT2D eigenvalue weighted by Crippen LogP contribution is 2.20. The third kappa shape index (κ3) is 6.84. The summed E-state index contributed by atoms with van der Waals surface area (Å²) in [6.07, 6.45) is 3.98. The zero-order valence-electron chi connectivity index (χ0n) is 20.7. The summed E-state index contributed by atoms with van der Waals surface area (Å²) in [5.74, 6) is 0.865. The summed E-state index contributed by atoms with van der Waals surface area (Å²) in [6.45, 7) is 10.5. The lowest BCUT2D eigenvalue weighted by molar-refractivity contribution is -0.128. The average molecular weight is 465 g/mol. The number of carbonyl (C=O) groups is 2. The predicted molar refractivity (Wildman–Crippen MR) is 137 cm³/mol. The SMILES string of the molecule is COc1ccccc1/C=C/CN(CCN1CCN(C(=O)Nc2c(C)cccc2C)CC1)C(C)=O. The van der Waals surface area contributed by atoms with Crippen molar-refractivity contribution in [2.75, 3.05) is 58.2 Å². The van der Waals surface area contributed by atoms with Gasteiger partial charge in [0.15, 0.2) is 0 Å². The molecular weight excluding hydrogens is 428 g/mol. The van der Waals surface area contributed by atoms with Crippen LogP contribution in [0.2, 0.25) is 0 Å². The number of methoxy groups -OCH3 is 1. The Morgan fingerprint density at radius 2 is 1.71 bits per heavy atom. The van der Waals surface area contributed by atoms with E-state index in [4.69, 9.17) is 4.74 Å². The number of anilines is 1. The Labute approximate surface area is 203 Å². The zero-order chi connectivity index (χ0) is 24.5. The third-order valence-corrected chi connectivity index (χ3v) is 6.27. The fraction of sp³-hybridized carbons (Fsp3) is 0.407. The number of nitrogens with zero attached hydrogens (tertiary/aromatic N) is 3. The maximum atomic E-state index is 12.7. The third-order valence-electron chi connectivity index (χ3n) is 6.27. The van der Waals surface area contributed by atoms with E-state index in [9.17, 15) is 9.59 Å². The standard InChI is InChI=1S/C27H36N4O3/c1-21-9-7-10-22(2)26(21)28-27(33)31-19-16-29(17-20-31)15-18-30(23(3)32)14-8-12-24-11-5-6-13-25(24)34-4/h5-13H,14-20H2,1-4H3,(H,28,33)/b12-8+. The first-order valence-corrected chi connectivity index (χ1v) is 11.8. The molecule has 7 nitrogen and oxygen atoms in total. The summed E-state index contributed by atoms with van der Waals surface area (Å²) < 4.78 is 5.38. The molecule has 1 fully saturated rings. The van der Waals surface area contributed by atoms with E-state index < -0.39 is 0 Å². The van der Waals surface area contributed by atoms with Gasteiger partial charge in [-0.3, -0.25) is 9.69 Å². The van der Waals surface area contributed by atoms with Gasteiger partial charge in [0.2, 0.25) is 5.91 Å². The minimum Gasteiger partial charge on any atom is -0.496 e. The van der Waals surface area contributed by atoms with Gasteiger partial charge >= 0.3 is 6.03 Å². The Morgan fingerprint density at radius 3 is 2.35 bits per heavy atom. The summed E-state index contributed by atoms with van der Waals surface area (Å²) in [5, 5.41) is 3.07. The van der Waals surface area contributed by atoms with E-state index in [0.29, 0.717) is 26.2 Å². The molecule has 0 unspecified atom stereocenters. The second kappa shape index (κ2) is 12.2. The number of urea groups is 1. The van der Waals surface area contributed by atoms with Crippen LogP contribution in [-0.4, -0.2) is 79.6 Å². The van der Waals surface area contributed by atoms with Crippen LogP contribution in [0.5, 0.6) is 5.75 Å². The number of carbonyl (C=O) groups excluding carboxylic acids is 2. The van der Waals surface area contributed by atoms with Gasteiger partial charge in [-0.1, -0.05) is 48.6 Å². The first kappa shape index (κ1) is 25.3. The Balaban J connectivity index is 1.46. The number of piperazine rings is 1. The van der Waals surface area contributed by atoms with Crippen LogP contribution >= 0.6 is 0 Å². The van der Waals surface area contributed by atoms with E-state index >= 15 is 0 Å². The van der Waals surface area contributed by atoms with Crippen LogP contribution in [0.15, 0.2) is 48.5 Å². The molecule has 2 aromatic rings. The molecule has 1 aliphatic heterocycles. The fourth-order valence-electron chi connectivity index (χ4n) is 4.12. The summed E-state index contributed by atoms with van der Waals surface area (Å²) in [5.41, 5.74) is 4.02. The number of para-hydroxylation sites is 2. The summed E-state index contributed by atoms with van der Waals surface area (Å²) in [4.78, 5) is 30.9. The molecule has 0 atom stereocenters. The van der Waals surface area contributed by atoms with Crippen LogP contribution in [0, 0.1) is 13.8 Å². The van der Waals surface area contributed by atoms with Gasteiger partial charge in [-0.15, -0.1) is 0 Å². The number of amides is 3. The van der Waals surface area contributed by atoms with Crippen LogP contribution in [0.25, 0.3) is 6.08 Å². The van der Waals surface area contributed by atoms with E-state index in [2.05, 4.69) is 10.2 Å². The molecule has 1 N–H and O–H groups in total. The number of ether oxygens (including phenoxy) is 1. The van der Waals surface area contributed by atoms with Crippen molar-refractivity contribution in [1.29, 1.82) is 0 Å². The van der Waals surface area contributed by atoms with Gasteiger partial charge in [-0.25, -0.2) is 4.79 Å². The largest absolute Gasteiger partial charge is 0.496 e. The highest BCUT2D eigenvalue weighted by Gasteiger charge is 2.22. The van der Waals surface area contributed by atoms with E-state index in [0.717, 1.165) is 47.8 Å². The van der Waals surface area contributed by atoms with Crippen LogP contribution in [0.1, 0.15) is 23.6 Å². The molecule has 1 saturated heterocycles. The van der Waals surface area contributed by atoms with E-state index in [1.165, 1.54) is 0 Å². The number of nitrogens with one attached hydrogen (secondary N) is 1. The molecule has 1 aliphatic rings. The van der Waals surface area contributed by atoms with Gasteiger partial charge in [0.05, 0.1) is 7.11 Å². The molecule has 182 valence electrons. The molecule has 0 spiro atoms. The highest BCUT2D eigenvalue weighted by molar-refractivity contribution is 5.91. The number of hydrogen-bond acceptors (Lipinski definition) is 4. The van der Waals surface area contributed by atoms with Crippen molar-refractivity contribution < 1.29 is 14.3 Å². The quantitative estimate of drug-likeness (QED) is 0.641. The molecule has 2 aromatic carbocycles. The molecule has 0 aliphatic carbocycles. The van der Waals surface area contributed by atoms with Crippen molar-refractivity contribution in [1.82, 2.24) is 14.7 Å². The van der Waals surface area contributed by atoms with Crippen LogP contribution in [-0.2, 0) is 4.79 Å². The van der Waals surface area contributed by atoms with Gasteiger partial charge in [0.25, 0.3) is 0 Å². The minimum atomic E-state index is -0.0520. The maximum Gasteiger partial charge on any atom is 0.321 e. The van der Waals surface area contributed by atoms with Crippen molar-refractivity contribution in [3.05, 3.63) is 65.2 Å². The molecule has 0 saturated carbocycles. The molecule has 1 heterocycles. The first-order valence-electron chi connectivity index (χ1n) is 11.8. The topological polar surface area (TPSA) is 65.1 Å². The highest BCUT2D eigenvalue weighted by atomic mass is 16.5. The van der Waals surface area contributed by atoms with Gasteiger partial charge in [-0.2, -0.15) is 0 Å². The number of hydrogen-bond donors (Lipinski definition) is 1. The molecule has 7 heteroatoms. The smallest absolute Gasteiger partial charge is 0.321 e. The first-order chi connectivity index (χ1) is 16.4. The summed E-state index contributed by atoms with van der Waals surface area (Å²) in [7, 11) is 1.65. The van der Waals surface area contributed by atoms with Gasteiger partial charge in [0, 0.05) is 64.0 Å². The van der Waals surface area contributed by atoms with E-state index in [1.807, 2.05) is 78.3 Å². The van der Waals surface area contributed by atoms with Crippen molar-refractivity contribution >= 4 is 23.7 Å². The molecule has 0 radical (unpaired) electrons. The molecule has 0 bridgehead atoms. The molecular formula is C27H36N4O3. The average Bonchev–Trinajstić information content (AvgIpc) is 2.84. The maximum absolute atomic E-state index is 12.7. The second-order valence-electron chi connectivity index (χ2n) is 8.64. The Kier molecular flexibility index (Phi) is 9.10. The van der Waals surface area contributed by atoms with Crippen LogP contribution in [0.3, 0.4) is 0 Å². The lowest BCUT2D eigenvalue weighted by Crippen LogP contribution is -2.51. The minimum absolute atomic E-state index is 0.0520. The second-order valence-corrected chi connectivity index (χ2v) is 8.64. The molecule has 0 aromatic heterocycles. The number of aryl methyl sites for hydroxylation is 2. The Morgan fingerprint density at radius 1 is 1.03 bits per heavy atom. The summed E-state index contributed by atoms with van der Waals surface area (Å²) >= 11 is 0. The van der Waals surface area contributed by atoms with Crippen LogP contribution < -0.4 is 10.1 Å². The zero-order valence-corrected chi connectivity index (χ0v) is 20.7. The van der Waals surface area contributed by atoms with E-state index in [-0.39, 0.29) is 11.9 Å². The fourth-order valence-corrected chi connectivity index (χ4v) is 4.12. The molecule has 3 amide bonds. The van der Waals surface area contributed by atoms with Crippen molar-refractivity contribution in [3.8, 4) is 5.75 Å². The van der Waals surface area contributed by atoms with Gasteiger partial charge < -0.3 is 19.9 Å². The van der Waals surface area contributed by atoms with Crippen LogP contribution in [0.4, 0.5) is 10.5 Å². The Hall–Kier alpha value is -3.32. The van der Waals surface area contributed by atoms with Gasteiger partial charge in [0.1, 0.15) is 5.75 Å². The summed E-state index contributed by atoms with van der Waals surface area (Å²) in [6, 6.07) is 13.8. The number of rotatable bonds is 8. The number of benzene rings is 2. The normalized spacial score (nSPS) is 14.3. The van der Waals surface area contributed by atoms with Crippen molar-refractivity contribution in [3.63, 3.8) is 0 Å². The molecule has 34 heavy (non-hydrogen) atoms. The van der Waals surface area contributed by atoms with E-state index in [1.54, 1.807) is 14.0 Å².